The molecule has 2 heterocycles. The van der Waals surface area contributed by atoms with Gasteiger partial charge in [-0.15, -0.1) is 11.3 Å². The van der Waals surface area contributed by atoms with Gasteiger partial charge in [0.2, 0.25) is 0 Å². The monoisotopic (exact) mass is 327 g/mol. The molecule has 1 unspecified atom stereocenters. The summed E-state index contributed by atoms with van der Waals surface area (Å²) in [5, 5.41) is 11.2. The minimum atomic E-state index is -1.01. The van der Waals surface area contributed by atoms with E-state index in [1.807, 2.05) is 24.4 Å². The smallest absolute Gasteiger partial charge is 0.326 e. The van der Waals surface area contributed by atoms with Crippen molar-refractivity contribution in [3.8, 4) is 0 Å². The number of nitrogens with zero attached hydrogens (tertiary/aromatic N) is 1. The molecule has 7 heteroatoms. The minimum absolute atomic E-state index is 0.311. The van der Waals surface area contributed by atoms with Gasteiger partial charge in [-0.25, -0.2) is 4.79 Å². The van der Waals surface area contributed by atoms with Crippen LogP contribution in [-0.2, 0) is 9.59 Å². The molecule has 1 atom stereocenters. The van der Waals surface area contributed by atoms with Gasteiger partial charge in [-0.2, -0.15) is 0 Å². The highest BCUT2D eigenvalue weighted by atomic mass is 32.2. The van der Waals surface area contributed by atoms with Gasteiger partial charge in [0, 0.05) is 4.88 Å². The van der Waals surface area contributed by atoms with Crippen molar-refractivity contribution in [3.63, 3.8) is 0 Å². The molecule has 0 saturated carbocycles. The van der Waals surface area contributed by atoms with Crippen LogP contribution in [-0.4, -0.2) is 32.2 Å². The zero-order valence-electron chi connectivity index (χ0n) is 10.7. The van der Waals surface area contributed by atoms with Crippen LogP contribution in [0.25, 0.3) is 6.08 Å². The van der Waals surface area contributed by atoms with Crippen LogP contribution in [0, 0.1) is 0 Å². The van der Waals surface area contributed by atoms with E-state index in [2.05, 4.69) is 0 Å². The van der Waals surface area contributed by atoms with Crippen LogP contribution >= 0.6 is 35.3 Å². The van der Waals surface area contributed by atoms with Crippen LogP contribution < -0.4 is 0 Å². The molecule has 4 nitrogen and oxygen atoms in total. The lowest BCUT2D eigenvalue weighted by Crippen LogP contribution is -2.43. The lowest BCUT2D eigenvalue weighted by molar-refractivity contribution is -0.145. The van der Waals surface area contributed by atoms with Crippen LogP contribution in [0.1, 0.15) is 24.6 Å². The highest BCUT2D eigenvalue weighted by molar-refractivity contribution is 8.26. The molecular formula is C13H13NO3S3. The van der Waals surface area contributed by atoms with Crippen LogP contribution in [0.15, 0.2) is 22.4 Å². The van der Waals surface area contributed by atoms with Crippen molar-refractivity contribution in [2.75, 3.05) is 0 Å². The Morgan fingerprint density at radius 1 is 1.60 bits per heavy atom. The van der Waals surface area contributed by atoms with Crippen molar-refractivity contribution < 1.29 is 14.7 Å². The Morgan fingerprint density at radius 3 is 2.90 bits per heavy atom. The van der Waals surface area contributed by atoms with Gasteiger partial charge in [0.05, 0.1) is 4.91 Å². The average molecular weight is 327 g/mol. The van der Waals surface area contributed by atoms with Gasteiger partial charge in [-0.1, -0.05) is 43.4 Å². The van der Waals surface area contributed by atoms with E-state index < -0.39 is 12.0 Å². The number of carboxylic acid groups (broad SMARTS) is 1. The largest absolute Gasteiger partial charge is 0.480 e. The molecule has 0 radical (unpaired) electrons. The zero-order chi connectivity index (χ0) is 14.7. The molecule has 0 aliphatic carbocycles. The normalized spacial score (nSPS) is 18.9. The number of rotatable bonds is 5. The molecule has 0 bridgehead atoms. The van der Waals surface area contributed by atoms with Crippen molar-refractivity contribution in [1.82, 2.24) is 4.90 Å². The van der Waals surface area contributed by atoms with E-state index >= 15 is 0 Å². The minimum Gasteiger partial charge on any atom is -0.480 e. The molecule has 0 spiro atoms. The van der Waals surface area contributed by atoms with Crippen molar-refractivity contribution >= 4 is 57.6 Å². The summed E-state index contributed by atoms with van der Waals surface area (Å²) in [4.78, 5) is 26.3. The first-order valence-electron chi connectivity index (χ1n) is 6.08. The number of carboxylic acids is 1. The summed E-state index contributed by atoms with van der Waals surface area (Å²) < 4.78 is 0.318. The van der Waals surface area contributed by atoms with E-state index in [9.17, 15) is 14.7 Å². The highest BCUT2D eigenvalue weighted by Crippen LogP contribution is 2.35. The fourth-order valence-electron chi connectivity index (χ4n) is 1.89. The van der Waals surface area contributed by atoms with Crippen molar-refractivity contribution in [3.05, 3.63) is 27.3 Å². The zero-order valence-corrected chi connectivity index (χ0v) is 13.2. The van der Waals surface area contributed by atoms with Crippen LogP contribution in [0.4, 0.5) is 0 Å². The second kappa shape index (κ2) is 6.51. The fraction of sp³-hybridized carbons (Fsp3) is 0.308. The van der Waals surface area contributed by atoms with Crippen LogP contribution in [0.3, 0.4) is 0 Å². The molecule has 106 valence electrons. The first-order valence-corrected chi connectivity index (χ1v) is 8.18. The lowest BCUT2D eigenvalue weighted by atomic mass is 10.1. The Hall–Kier alpha value is -1.18. The van der Waals surface area contributed by atoms with E-state index in [1.165, 1.54) is 16.2 Å². The summed E-state index contributed by atoms with van der Waals surface area (Å²) in [6.07, 6.45) is 2.83. The molecule has 2 rings (SSSR count). The molecular weight excluding hydrogens is 314 g/mol. The van der Waals surface area contributed by atoms with Crippen molar-refractivity contribution in [2.24, 2.45) is 0 Å². The molecule has 1 fully saturated rings. The van der Waals surface area contributed by atoms with Gasteiger partial charge in [0.25, 0.3) is 5.91 Å². The molecule has 1 N–H and O–H groups in total. The lowest BCUT2D eigenvalue weighted by Gasteiger charge is -2.22. The average Bonchev–Trinajstić information content (AvgIpc) is 2.98. The summed E-state index contributed by atoms with van der Waals surface area (Å²) in [7, 11) is 0. The van der Waals surface area contributed by atoms with E-state index in [4.69, 9.17) is 12.2 Å². The van der Waals surface area contributed by atoms with Crippen LogP contribution in [0.2, 0.25) is 0 Å². The third-order valence-electron chi connectivity index (χ3n) is 2.80. The maximum absolute atomic E-state index is 12.4. The summed E-state index contributed by atoms with van der Waals surface area (Å²) in [6.45, 7) is 1.88. The van der Waals surface area contributed by atoms with Gasteiger partial charge in [-0.05, 0) is 23.9 Å². The fourth-order valence-corrected chi connectivity index (χ4v) is 3.97. The van der Waals surface area contributed by atoms with Gasteiger partial charge in [0.15, 0.2) is 0 Å². The maximum Gasteiger partial charge on any atom is 0.326 e. The van der Waals surface area contributed by atoms with Crippen molar-refractivity contribution in [1.29, 1.82) is 0 Å². The van der Waals surface area contributed by atoms with E-state index in [-0.39, 0.29) is 5.91 Å². The topological polar surface area (TPSA) is 57.6 Å². The molecule has 1 aliphatic heterocycles. The Labute approximate surface area is 130 Å². The molecule has 0 aromatic carbocycles. The number of thiocarbonyl (C=S) groups is 1. The molecule has 1 saturated heterocycles. The number of carbonyl (C=O) groups is 2. The summed E-state index contributed by atoms with van der Waals surface area (Å²) in [5.74, 6) is -1.32. The number of amides is 1. The Morgan fingerprint density at radius 2 is 2.35 bits per heavy atom. The quantitative estimate of drug-likeness (QED) is 0.665. The number of aliphatic carboxylic acids is 1. The second-order valence-corrected chi connectivity index (χ2v) is 6.86. The number of thiophene rings is 1. The Balaban J connectivity index is 2.26. The second-order valence-electron chi connectivity index (χ2n) is 4.21. The highest BCUT2D eigenvalue weighted by Gasteiger charge is 2.39. The molecule has 20 heavy (non-hydrogen) atoms. The van der Waals surface area contributed by atoms with Gasteiger partial charge in [0.1, 0.15) is 10.4 Å². The van der Waals surface area contributed by atoms with E-state index in [1.54, 1.807) is 6.08 Å². The summed E-state index contributed by atoms with van der Waals surface area (Å²) in [5.41, 5.74) is 0. The molecule has 1 aromatic heterocycles. The first kappa shape index (κ1) is 15.2. The third kappa shape index (κ3) is 3.11. The van der Waals surface area contributed by atoms with Gasteiger partial charge >= 0.3 is 5.97 Å². The predicted octanol–water partition coefficient (Wildman–Crippen LogP) is 3.20. The first-order chi connectivity index (χ1) is 9.54. The molecule has 1 aromatic rings. The van der Waals surface area contributed by atoms with E-state index in [0.29, 0.717) is 22.1 Å². The number of hydrogen-bond donors (Lipinski definition) is 1. The summed E-state index contributed by atoms with van der Waals surface area (Å²) >= 11 is 7.85. The Bertz CT molecular complexity index is 565. The standard InChI is InChI=1S/C13H13NO3S3/c1-2-4-9(12(16)17)14-11(15)10(20-13(14)18)7-8-5-3-6-19-8/h3,5-7,9H,2,4H2,1H3,(H,16,17)/b10-7-. The number of thioether (sulfide) groups is 1. The third-order valence-corrected chi connectivity index (χ3v) is 4.95. The number of carbonyl (C=O) groups excluding carboxylic acids is 1. The predicted molar refractivity (Wildman–Crippen MR) is 85.7 cm³/mol. The SMILES string of the molecule is CCCC(C(=O)O)N1C(=O)/C(=C/c2cccs2)SC1=S. The van der Waals surface area contributed by atoms with Gasteiger partial charge < -0.3 is 5.11 Å². The maximum atomic E-state index is 12.4. The van der Waals surface area contributed by atoms with Gasteiger partial charge in [-0.3, -0.25) is 9.69 Å². The molecule has 1 amide bonds. The summed E-state index contributed by atoms with van der Waals surface area (Å²) in [6, 6.07) is 2.92. The van der Waals surface area contributed by atoms with Crippen LogP contribution in [0.5, 0.6) is 0 Å². The molecule has 1 aliphatic rings. The number of hydrogen-bond acceptors (Lipinski definition) is 5. The van der Waals surface area contributed by atoms with Crippen molar-refractivity contribution in [2.45, 2.75) is 25.8 Å². The van der Waals surface area contributed by atoms with E-state index in [0.717, 1.165) is 16.6 Å². The Kier molecular flexibility index (Phi) is 4.95.